The van der Waals surface area contributed by atoms with E-state index in [1.807, 2.05) is 72.5 Å². The number of nitrogens with zero attached hydrogens (tertiary/aromatic N) is 1. The van der Waals surface area contributed by atoms with Gasteiger partial charge in [0.15, 0.2) is 0 Å². The summed E-state index contributed by atoms with van der Waals surface area (Å²) in [6, 6.07) is 22.4. The number of thioether (sulfide) groups is 1. The number of anilines is 2. The van der Waals surface area contributed by atoms with E-state index in [1.54, 1.807) is 23.9 Å². The summed E-state index contributed by atoms with van der Waals surface area (Å²) < 4.78 is 11.2. The zero-order valence-electron chi connectivity index (χ0n) is 20.0. The van der Waals surface area contributed by atoms with E-state index < -0.39 is 0 Å². The van der Waals surface area contributed by atoms with Gasteiger partial charge in [-0.25, -0.2) is 0 Å². The molecule has 0 radical (unpaired) electrons. The van der Waals surface area contributed by atoms with Crippen molar-refractivity contribution in [2.45, 2.75) is 32.1 Å². The van der Waals surface area contributed by atoms with Gasteiger partial charge in [0.05, 0.1) is 19.0 Å². The second kappa shape index (κ2) is 11.8. The first kappa shape index (κ1) is 24.7. The van der Waals surface area contributed by atoms with Crippen molar-refractivity contribution < 1.29 is 19.1 Å². The molecule has 7 heteroatoms. The van der Waals surface area contributed by atoms with Crippen molar-refractivity contribution in [1.29, 1.82) is 0 Å². The van der Waals surface area contributed by atoms with Gasteiger partial charge in [-0.05, 0) is 79.6 Å². The molecule has 0 saturated carbocycles. The predicted molar refractivity (Wildman–Crippen MR) is 142 cm³/mol. The minimum absolute atomic E-state index is 0.0728. The van der Waals surface area contributed by atoms with E-state index in [2.05, 4.69) is 12.2 Å². The van der Waals surface area contributed by atoms with Crippen molar-refractivity contribution >= 4 is 35.0 Å². The smallest absolute Gasteiger partial charge is 0.255 e. The largest absolute Gasteiger partial charge is 0.494 e. The number of unbranched alkanes of at least 4 members (excludes halogenated alkanes) is 1. The average Bonchev–Trinajstić information content (AvgIpc) is 3.27. The van der Waals surface area contributed by atoms with Crippen LogP contribution in [0.1, 0.15) is 48.0 Å². The molecule has 1 atom stereocenters. The molecule has 0 aliphatic carbocycles. The van der Waals surface area contributed by atoms with Crippen LogP contribution in [0.15, 0.2) is 72.8 Å². The Morgan fingerprint density at radius 3 is 2.26 bits per heavy atom. The van der Waals surface area contributed by atoms with Gasteiger partial charge >= 0.3 is 0 Å². The molecule has 6 nitrogen and oxygen atoms in total. The monoisotopic (exact) mass is 490 g/mol. The molecule has 0 aromatic heterocycles. The molecular weight excluding hydrogens is 460 g/mol. The number of rotatable bonds is 10. The van der Waals surface area contributed by atoms with Crippen molar-refractivity contribution in [2.75, 3.05) is 29.2 Å². The first-order valence-electron chi connectivity index (χ1n) is 11.9. The number of nitrogens with one attached hydrogen (secondary N) is 1. The minimum atomic E-state index is -0.181. The quantitative estimate of drug-likeness (QED) is 0.338. The SMILES string of the molecule is CCCCOc1ccc(C(=O)Nc2ccc(C3SCC(=O)N3c3ccc(OCC)cc3)cc2)cc1. The van der Waals surface area contributed by atoms with Crippen molar-refractivity contribution in [2.24, 2.45) is 0 Å². The second-order valence-corrected chi connectivity index (χ2v) is 9.23. The van der Waals surface area contributed by atoms with Crippen LogP contribution in [-0.2, 0) is 4.79 Å². The van der Waals surface area contributed by atoms with Crippen LogP contribution in [0, 0.1) is 0 Å². The molecule has 1 N–H and O–H groups in total. The highest BCUT2D eigenvalue weighted by Gasteiger charge is 2.34. The van der Waals surface area contributed by atoms with E-state index in [0.29, 0.717) is 30.2 Å². The van der Waals surface area contributed by atoms with E-state index in [9.17, 15) is 9.59 Å². The highest BCUT2D eigenvalue weighted by atomic mass is 32.2. The first-order chi connectivity index (χ1) is 17.1. The standard InChI is InChI=1S/C28H30N2O4S/c1-3-5-18-34-25-14-8-20(9-15-25)27(32)29-22-10-6-21(7-11-22)28-30(26(31)19-35-28)23-12-16-24(17-13-23)33-4-2/h6-17,28H,3-5,18-19H2,1-2H3,(H,29,32). The lowest BCUT2D eigenvalue weighted by Crippen LogP contribution is -2.27. The van der Waals surface area contributed by atoms with E-state index in [-0.39, 0.29) is 17.2 Å². The summed E-state index contributed by atoms with van der Waals surface area (Å²) in [5.41, 5.74) is 3.11. The molecule has 182 valence electrons. The third-order valence-electron chi connectivity index (χ3n) is 5.63. The van der Waals surface area contributed by atoms with Crippen molar-refractivity contribution in [3.8, 4) is 11.5 Å². The molecule has 0 bridgehead atoms. The van der Waals surface area contributed by atoms with Crippen LogP contribution in [0.25, 0.3) is 0 Å². The van der Waals surface area contributed by atoms with E-state index >= 15 is 0 Å². The molecule has 2 amide bonds. The summed E-state index contributed by atoms with van der Waals surface area (Å²) in [6.07, 6.45) is 2.08. The molecule has 1 unspecified atom stereocenters. The predicted octanol–water partition coefficient (Wildman–Crippen LogP) is 6.30. The summed E-state index contributed by atoms with van der Waals surface area (Å²) in [4.78, 5) is 27.1. The van der Waals surface area contributed by atoms with Gasteiger partial charge in [0.25, 0.3) is 5.91 Å². The topological polar surface area (TPSA) is 67.9 Å². The Hall–Kier alpha value is -3.45. The van der Waals surface area contributed by atoms with Gasteiger partial charge in [0, 0.05) is 16.9 Å². The van der Waals surface area contributed by atoms with Crippen molar-refractivity contribution in [3.63, 3.8) is 0 Å². The Morgan fingerprint density at radius 2 is 1.60 bits per heavy atom. The lowest BCUT2D eigenvalue weighted by atomic mass is 10.1. The lowest BCUT2D eigenvalue weighted by molar-refractivity contribution is -0.115. The van der Waals surface area contributed by atoms with Crippen LogP contribution in [0.2, 0.25) is 0 Å². The normalized spacial score (nSPS) is 15.2. The van der Waals surface area contributed by atoms with Gasteiger partial charge in [-0.2, -0.15) is 0 Å². The molecule has 1 aliphatic rings. The summed E-state index contributed by atoms with van der Waals surface area (Å²) >= 11 is 1.59. The number of benzene rings is 3. The molecule has 4 rings (SSSR count). The molecule has 1 heterocycles. The number of carbonyl (C=O) groups excluding carboxylic acids is 2. The Morgan fingerprint density at radius 1 is 0.943 bits per heavy atom. The maximum absolute atomic E-state index is 12.7. The third kappa shape index (κ3) is 6.17. The van der Waals surface area contributed by atoms with Gasteiger partial charge in [-0.3, -0.25) is 14.5 Å². The fourth-order valence-corrected chi connectivity index (χ4v) is 4.97. The third-order valence-corrected chi connectivity index (χ3v) is 6.84. The molecule has 1 aliphatic heterocycles. The number of ether oxygens (including phenoxy) is 2. The van der Waals surface area contributed by atoms with Crippen molar-refractivity contribution in [1.82, 2.24) is 0 Å². The van der Waals surface area contributed by atoms with Crippen LogP contribution in [0.3, 0.4) is 0 Å². The van der Waals surface area contributed by atoms with E-state index in [1.165, 1.54) is 0 Å². The number of hydrogen-bond donors (Lipinski definition) is 1. The molecule has 3 aromatic carbocycles. The van der Waals surface area contributed by atoms with Crippen LogP contribution < -0.4 is 19.7 Å². The van der Waals surface area contributed by atoms with Crippen LogP contribution in [-0.4, -0.2) is 30.8 Å². The zero-order chi connectivity index (χ0) is 24.6. The number of hydrogen-bond acceptors (Lipinski definition) is 5. The second-order valence-electron chi connectivity index (χ2n) is 8.16. The van der Waals surface area contributed by atoms with Crippen LogP contribution in [0.4, 0.5) is 11.4 Å². The van der Waals surface area contributed by atoms with E-state index in [4.69, 9.17) is 9.47 Å². The van der Waals surface area contributed by atoms with Gasteiger partial charge in [-0.15, -0.1) is 11.8 Å². The van der Waals surface area contributed by atoms with Gasteiger partial charge in [0.1, 0.15) is 16.9 Å². The van der Waals surface area contributed by atoms with Gasteiger partial charge < -0.3 is 14.8 Å². The first-order valence-corrected chi connectivity index (χ1v) is 12.9. The number of carbonyl (C=O) groups is 2. The summed E-state index contributed by atoms with van der Waals surface area (Å²) in [7, 11) is 0. The van der Waals surface area contributed by atoms with Gasteiger partial charge in [-0.1, -0.05) is 25.5 Å². The Bertz CT molecular complexity index is 1130. The molecule has 1 saturated heterocycles. The van der Waals surface area contributed by atoms with E-state index in [0.717, 1.165) is 35.6 Å². The fourth-order valence-electron chi connectivity index (χ4n) is 3.79. The minimum Gasteiger partial charge on any atom is -0.494 e. The van der Waals surface area contributed by atoms with Crippen LogP contribution in [0.5, 0.6) is 11.5 Å². The average molecular weight is 491 g/mol. The fraction of sp³-hybridized carbons (Fsp3) is 0.286. The summed E-state index contributed by atoms with van der Waals surface area (Å²) in [5, 5.41) is 2.82. The maximum Gasteiger partial charge on any atom is 0.255 e. The highest BCUT2D eigenvalue weighted by molar-refractivity contribution is 8.00. The molecule has 35 heavy (non-hydrogen) atoms. The highest BCUT2D eigenvalue weighted by Crippen LogP contribution is 2.42. The molecule has 3 aromatic rings. The lowest BCUT2D eigenvalue weighted by Gasteiger charge is -2.24. The zero-order valence-corrected chi connectivity index (χ0v) is 20.8. The summed E-state index contributed by atoms with van der Waals surface area (Å²) in [5.74, 6) is 1.86. The summed E-state index contributed by atoms with van der Waals surface area (Å²) in [6.45, 7) is 5.33. The maximum atomic E-state index is 12.7. The Balaban J connectivity index is 1.40. The Kier molecular flexibility index (Phi) is 8.32. The van der Waals surface area contributed by atoms with Crippen LogP contribution >= 0.6 is 11.8 Å². The Labute approximate surface area is 210 Å². The van der Waals surface area contributed by atoms with Crippen molar-refractivity contribution in [3.05, 3.63) is 83.9 Å². The molecule has 0 spiro atoms. The molecule has 1 fully saturated rings. The molecular formula is C28H30N2O4S. The van der Waals surface area contributed by atoms with Gasteiger partial charge in [0.2, 0.25) is 5.91 Å². The number of amides is 2.